The van der Waals surface area contributed by atoms with Crippen molar-refractivity contribution in [2.24, 2.45) is 0 Å². The second kappa shape index (κ2) is 9.30. The Labute approximate surface area is 183 Å². The van der Waals surface area contributed by atoms with Gasteiger partial charge in [0.15, 0.2) is 0 Å². The third-order valence-corrected chi connectivity index (χ3v) is 5.62. The lowest BCUT2D eigenvalue weighted by Crippen LogP contribution is -2.40. The van der Waals surface area contributed by atoms with Gasteiger partial charge in [-0.2, -0.15) is 4.98 Å². The van der Waals surface area contributed by atoms with E-state index in [-0.39, 0.29) is 11.9 Å². The van der Waals surface area contributed by atoms with E-state index >= 15 is 0 Å². The quantitative estimate of drug-likeness (QED) is 0.546. The summed E-state index contributed by atoms with van der Waals surface area (Å²) in [6, 6.07) is 15.1. The Morgan fingerprint density at radius 3 is 2.53 bits per heavy atom. The highest BCUT2D eigenvalue weighted by molar-refractivity contribution is 9.10. The zero-order valence-electron chi connectivity index (χ0n) is 16.7. The van der Waals surface area contributed by atoms with Gasteiger partial charge in [-0.1, -0.05) is 21.1 Å². The molecule has 2 aromatic carbocycles. The number of hydrogen-bond acceptors (Lipinski definition) is 5. The van der Waals surface area contributed by atoms with Crippen LogP contribution in [0.3, 0.4) is 0 Å². The Bertz CT molecular complexity index is 980. The fraction of sp³-hybridized carbons (Fsp3) is 0.318. The molecule has 7 nitrogen and oxygen atoms in total. The summed E-state index contributed by atoms with van der Waals surface area (Å²) in [5.74, 6) is 2.18. The van der Waals surface area contributed by atoms with Gasteiger partial charge >= 0.3 is 6.03 Å². The van der Waals surface area contributed by atoms with Crippen molar-refractivity contribution in [3.8, 4) is 17.1 Å². The van der Waals surface area contributed by atoms with Crippen molar-refractivity contribution >= 4 is 27.6 Å². The number of likely N-dealkylation sites (tertiary alicyclic amines) is 1. The standard InChI is InChI=1S/C22H23BrN4O3/c1-2-29-19-9-7-18(8-10-19)24-22(28)27-13-11-16(12-14-27)21-25-20(26-30-21)15-3-5-17(23)6-4-15/h3-10,16H,2,11-14H2,1H3,(H,24,28). The van der Waals surface area contributed by atoms with E-state index in [9.17, 15) is 4.79 Å². The number of amides is 2. The summed E-state index contributed by atoms with van der Waals surface area (Å²) in [7, 11) is 0. The molecule has 1 fully saturated rings. The van der Waals surface area contributed by atoms with Crippen LogP contribution in [-0.4, -0.2) is 40.8 Å². The van der Waals surface area contributed by atoms with Crippen LogP contribution < -0.4 is 10.1 Å². The smallest absolute Gasteiger partial charge is 0.321 e. The number of nitrogens with zero attached hydrogens (tertiary/aromatic N) is 3. The zero-order valence-corrected chi connectivity index (χ0v) is 18.3. The minimum atomic E-state index is -0.0984. The number of ether oxygens (including phenoxy) is 1. The maximum absolute atomic E-state index is 12.6. The van der Waals surface area contributed by atoms with Gasteiger partial charge in [0.1, 0.15) is 5.75 Å². The number of hydrogen-bond donors (Lipinski definition) is 1. The number of rotatable bonds is 5. The highest BCUT2D eigenvalue weighted by Gasteiger charge is 2.27. The molecule has 4 rings (SSSR count). The Kier molecular flexibility index (Phi) is 6.32. The van der Waals surface area contributed by atoms with E-state index in [0.29, 0.717) is 31.4 Å². The molecule has 1 saturated heterocycles. The van der Waals surface area contributed by atoms with Crippen molar-refractivity contribution in [2.75, 3.05) is 25.0 Å². The molecule has 1 aliphatic rings. The third kappa shape index (κ3) is 4.81. The second-order valence-electron chi connectivity index (χ2n) is 7.11. The van der Waals surface area contributed by atoms with Crippen LogP contribution in [0.2, 0.25) is 0 Å². The van der Waals surface area contributed by atoms with Gasteiger partial charge in [-0.25, -0.2) is 4.79 Å². The first kappa shape index (κ1) is 20.4. The van der Waals surface area contributed by atoms with Crippen LogP contribution in [0.25, 0.3) is 11.4 Å². The van der Waals surface area contributed by atoms with Crippen LogP contribution in [0.5, 0.6) is 5.75 Å². The largest absolute Gasteiger partial charge is 0.494 e. The molecule has 2 amide bonds. The number of aromatic nitrogens is 2. The molecule has 0 unspecified atom stereocenters. The summed E-state index contributed by atoms with van der Waals surface area (Å²) in [5.41, 5.74) is 1.67. The molecule has 8 heteroatoms. The van der Waals surface area contributed by atoms with E-state index in [2.05, 4.69) is 31.4 Å². The van der Waals surface area contributed by atoms with Gasteiger partial charge in [-0.05, 0) is 68.3 Å². The van der Waals surface area contributed by atoms with E-state index in [1.54, 1.807) is 0 Å². The number of nitrogens with one attached hydrogen (secondary N) is 1. The van der Waals surface area contributed by atoms with Gasteiger partial charge in [-0.15, -0.1) is 0 Å². The van der Waals surface area contributed by atoms with E-state index in [4.69, 9.17) is 9.26 Å². The van der Waals surface area contributed by atoms with E-state index in [1.165, 1.54) is 0 Å². The zero-order chi connectivity index (χ0) is 20.9. The topological polar surface area (TPSA) is 80.5 Å². The van der Waals surface area contributed by atoms with Crippen LogP contribution in [-0.2, 0) is 0 Å². The predicted octanol–water partition coefficient (Wildman–Crippen LogP) is 5.31. The molecular formula is C22H23BrN4O3. The average molecular weight is 471 g/mol. The van der Waals surface area contributed by atoms with Crippen molar-refractivity contribution in [3.63, 3.8) is 0 Å². The second-order valence-corrected chi connectivity index (χ2v) is 8.03. The predicted molar refractivity (Wildman–Crippen MR) is 118 cm³/mol. The lowest BCUT2D eigenvalue weighted by atomic mass is 9.97. The number of piperidine rings is 1. The minimum absolute atomic E-state index is 0.0984. The van der Waals surface area contributed by atoms with Crippen LogP contribution >= 0.6 is 15.9 Å². The molecule has 3 aromatic rings. The van der Waals surface area contributed by atoms with Gasteiger partial charge < -0.3 is 19.5 Å². The number of halogens is 1. The maximum atomic E-state index is 12.6. The van der Waals surface area contributed by atoms with Crippen LogP contribution in [0.1, 0.15) is 31.6 Å². The highest BCUT2D eigenvalue weighted by atomic mass is 79.9. The molecule has 0 atom stereocenters. The van der Waals surface area contributed by atoms with Gasteiger partial charge in [0, 0.05) is 34.7 Å². The minimum Gasteiger partial charge on any atom is -0.494 e. The maximum Gasteiger partial charge on any atom is 0.321 e. The fourth-order valence-corrected chi connectivity index (χ4v) is 3.71. The Morgan fingerprint density at radius 1 is 1.17 bits per heavy atom. The molecule has 0 saturated carbocycles. The number of carbonyl (C=O) groups is 1. The molecule has 0 radical (unpaired) electrons. The van der Waals surface area contributed by atoms with Crippen molar-refractivity contribution < 1.29 is 14.1 Å². The molecule has 2 heterocycles. The van der Waals surface area contributed by atoms with Crippen molar-refractivity contribution in [3.05, 3.63) is 58.9 Å². The Hall–Kier alpha value is -2.87. The summed E-state index contributed by atoms with van der Waals surface area (Å²) >= 11 is 3.43. The van der Waals surface area contributed by atoms with Crippen LogP contribution in [0.15, 0.2) is 57.5 Å². The van der Waals surface area contributed by atoms with Gasteiger partial charge in [0.05, 0.1) is 6.61 Å². The summed E-state index contributed by atoms with van der Waals surface area (Å²) in [5, 5.41) is 7.06. The highest BCUT2D eigenvalue weighted by Crippen LogP contribution is 2.29. The first-order valence-corrected chi connectivity index (χ1v) is 10.8. The molecule has 1 aromatic heterocycles. The van der Waals surface area contributed by atoms with Crippen LogP contribution in [0, 0.1) is 0 Å². The van der Waals surface area contributed by atoms with E-state index < -0.39 is 0 Å². The summed E-state index contributed by atoms with van der Waals surface area (Å²) in [6.07, 6.45) is 1.58. The Balaban J connectivity index is 1.31. The number of urea groups is 1. The molecule has 0 spiro atoms. The van der Waals surface area contributed by atoms with E-state index in [0.717, 1.165) is 34.3 Å². The SMILES string of the molecule is CCOc1ccc(NC(=O)N2CCC(c3nc(-c4ccc(Br)cc4)no3)CC2)cc1. The normalized spacial score (nSPS) is 14.5. The van der Waals surface area contributed by atoms with Gasteiger partial charge in [-0.3, -0.25) is 0 Å². The Morgan fingerprint density at radius 2 is 1.87 bits per heavy atom. The summed E-state index contributed by atoms with van der Waals surface area (Å²) < 4.78 is 11.9. The molecule has 30 heavy (non-hydrogen) atoms. The average Bonchev–Trinajstić information content (AvgIpc) is 3.26. The molecule has 0 bridgehead atoms. The molecule has 1 N–H and O–H groups in total. The lowest BCUT2D eigenvalue weighted by Gasteiger charge is -2.30. The fourth-order valence-electron chi connectivity index (χ4n) is 3.45. The summed E-state index contributed by atoms with van der Waals surface area (Å²) in [6.45, 7) is 3.84. The number of carbonyl (C=O) groups excluding carboxylic acids is 1. The third-order valence-electron chi connectivity index (χ3n) is 5.09. The van der Waals surface area contributed by atoms with Crippen LogP contribution in [0.4, 0.5) is 10.5 Å². The lowest BCUT2D eigenvalue weighted by molar-refractivity contribution is 0.187. The van der Waals surface area contributed by atoms with Crippen molar-refractivity contribution in [1.29, 1.82) is 0 Å². The first-order chi connectivity index (χ1) is 14.6. The molecule has 1 aliphatic heterocycles. The molecule has 0 aliphatic carbocycles. The van der Waals surface area contributed by atoms with Gasteiger partial charge in [0.2, 0.25) is 11.7 Å². The number of anilines is 1. The van der Waals surface area contributed by atoms with Gasteiger partial charge in [0.25, 0.3) is 0 Å². The molecular weight excluding hydrogens is 448 g/mol. The van der Waals surface area contributed by atoms with Crippen molar-refractivity contribution in [2.45, 2.75) is 25.7 Å². The first-order valence-electron chi connectivity index (χ1n) is 10.0. The van der Waals surface area contributed by atoms with E-state index in [1.807, 2.05) is 60.4 Å². The summed E-state index contributed by atoms with van der Waals surface area (Å²) in [4.78, 5) is 19.0. The van der Waals surface area contributed by atoms with Crippen molar-refractivity contribution in [1.82, 2.24) is 15.0 Å². The monoisotopic (exact) mass is 470 g/mol. The number of benzene rings is 2. The molecule has 156 valence electrons.